The van der Waals surface area contributed by atoms with Crippen LogP contribution >= 0.6 is 23.5 Å². The second kappa shape index (κ2) is 4.70. The first-order valence-electron chi connectivity index (χ1n) is 5.12. The fourth-order valence-corrected chi connectivity index (χ4v) is 5.04. The Morgan fingerprint density at radius 2 is 2.53 bits per heavy atom. The summed E-state index contributed by atoms with van der Waals surface area (Å²) in [6.45, 7) is 2.27. The molecule has 0 aromatic rings. The van der Waals surface area contributed by atoms with Crippen LogP contribution in [-0.4, -0.2) is 40.9 Å². The number of esters is 1. The molecule has 0 radical (unpaired) electrons. The summed E-state index contributed by atoms with van der Waals surface area (Å²) in [6.07, 6.45) is 2.86. The summed E-state index contributed by atoms with van der Waals surface area (Å²) in [5.41, 5.74) is 0. The Morgan fingerprint density at radius 3 is 3.20 bits per heavy atom. The minimum absolute atomic E-state index is 0.225. The minimum Gasteiger partial charge on any atom is -0.463 e. The summed E-state index contributed by atoms with van der Waals surface area (Å²) in [5.74, 6) is 1.01. The van der Waals surface area contributed by atoms with Crippen molar-refractivity contribution in [1.29, 1.82) is 0 Å². The first kappa shape index (κ1) is 11.2. The third-order valence-electron chi connectivity index (χ3n) is 2.54. The van der Waals surface area contributed by atoms with Crippen molar-refractivity contribution in [1.82, 2.24) is 4.90 Å². The van der Waals surface area contributed by atoms with Gasteiger partial charge in [-0.15, -0.1) is 23.5 Å². The highest BCUT2D eigenvalue weighted by Crippen LogP contribution is 2.48. The van der Waals surface area contributed by atoms with E-state index in [-0.39, 0.29) is 5.97 Å². The predicted octanol–water partition coefficient (Wildman–Crippen LogP) is 1.90. The van der Waals surface area contributed by atoms with Crippen LogP contribution in [0.1, 0.15) is 13.3 Å². The summed E-state index contributed by atoms with van der Waals surface area (Å²) >= 11 is 3.79. The molecule has 2 fully saturated rings. The molecule has 2 atom stereocenters. The standard InChI is InChI=1S/C10H15NO2S2/c1-3-13-9(12)6-8-11(2)10-7(15-8)4-5-14-10/h6-7,10H,3-5H2,1-2H3/b8-6-/t7-,10+/m0/s1. The highest BCUT2D eigenvalue weighted by molar-refractivity contribution is 8.07. The van der Waals surface area contributed by atoms with E-state index in [0.717, 1.165) is 5.03 Å². The molecule has 84 valence electrons. The Balaban J connectivity index is 2.03. The largest absolute Gasteiger partial charge is 0.463 e. The summed E-state index contributed by atoms with van der Waals surface area (Å²) in [5, 5.41) is 2.26. The molecule has 0 aliphatic carbocycles. The third-order valence-corrected chi connectivity index (χ3v) is 5.61. The molecule has 0 unspecified atom stereocenters. The van der Waals surface area contributed by atoms with Crippen LogP contribution in [0.3, 0.4) is 0 Å². The van der Waals surface area contributed by atoms with Gasteiger partial charge < -0.3 is 9.64 Å². The van der Waals surface area contributed by atoms with Gasteiger partial charge >= 0.3 is 5.97 Å². The van der Waals surface area contributed by atoms with Crippen LogP contribution in [0.25, 0.3) is 0 Å². The van der Waals surface area contributed by atoms with Crippen molar-refractivity contribution < 1.29 is 9.53 Å². The molecule has 2 heterocycles. The molecule has 0 bridgehead atoms. The summed E-state index contributed by atoms with van der Waals surface area (Å²) in [6, 6.07) is 0. The molecule has 2 aliphatic heterocycles. The molecule has 0 aromatic heterocycles. The molecule has 0 spiro atoms. The van der Waals surface area contributed by atoms with E-state index in [2.05, 4.69) is 11.9 Å². The summed E-state index contributed by atoms with van der Waals surface area (Å²) < 4.78 is 4.91. The molecule has 0 N–H and O–H groups in total. The van der Waals surface area contributed by atoms with Crippen molar-refractivity contribution in [2.24, 2.45) is 0 Å². The lowest BCUT2D eigenvalue weighted by Crippen LogP contribution is -2.24. The van der Waals surface area contributed by atoms with Crippen LogP contribution in [0.5, 0.6) is 0 Å². The van der Waals surface area contributed by atoms with Gasteiger partial charge in [-0.3, -0.25) is 0 Å². The second-order valence-electron chi connectivity index (χ2n) is 3.55. The second-order valence-corrected chi connectivity index (χ2v) is 6.04. The Hall–Kier alpha value is -0.290. The van der Waals surface area contributed by atoms with E-state index in [1.165, 1.54) is 12.2 Å². The van der Waals surface area contributed by atoms with Gasteiger partial charge in [-0.25, -0.2) is 4.79 Å². The molecule has 0 amide bonds. The molecule has 2 saturated heterocycles. The lowest BCUT2D eigenvalue weighted by molar-refractivity contribution is -0.137. The predicted molar refractivity (Wildman–Crippen MR) is 64.7 cm³/mol. The first-order chi connectivity index (χ1) is 7.22. The summed E-state index contributed by atoms with van der Waals surface area (Å²) in [7, 11) is 2.06. The van der Waals surface area contributed by atoms with Crippen LogP contribution < -0.4 is 0 Å². The number of rotatable bonds is 2. The van der Waals surface area contributed by atoms with E-state index in [1.807, 2.05) is 30.4 Å². The van der Waals surface area contributed by atoms with E-state index < -0.39 is 0 Å². The van der Waals surface area contributed by atoms with Gasteiger partial charge in [0.1, 0.15) is 0 Å². The number of hydrogen-bond acceptors (Lipinski definition) is 5. The average molecular weight is 245 g/mol. The van der Waals surface area contributed by atoms with Gasteiger partial charge in [0.25, 0.3) is 0 Å². The quantitative estimate of drug-likeness (QED) is 0.547. The number of ether oxygens (including phenoxy) is 1. The number of nitrogens with zero attached hydrogens (tertiary/aromatic N) is 1. The van der Waals surface area contributed by atoms with Gasteiger partial charge in [0.15, 0.2) is 0 Å². The minimum atomic E-state index is -0.225. The Morgan fingerprint density at radius 1 is 1.73 bits per heavy atom. The molecular formula is C10H15NO2S2. The Kier molecular flexibility index (Phi) is 3.51. The lowest BCUT2D eigenvalue weighted by atomic mass is 10.3. The van der Waals surface area contributed by atoms with E-state index in [0.29, 0.717) is 17.2 Å². The number of carbonyl (C=O) groups excluding carboxylic acids is 1. The first-order valence-corrected chi connectivity index (χ1v) is 7.04. The number of fused-ring (bicyclic) bond motifs is 1. The highest BCUT2D eigenvalue weighted by atomic mass is 32.2. The van der Waals surface area contributed by atoms with Gasteiger partial charge in [-0.2, -0.15) is 0 Å². The van der Waals surface area contributed by atoms with Gasteiger partial charge in [-0.05, 0) is 19.1 Å². The normalized spacial score (nSPS) is 32.1. The highest BCUT2D eigenvalue weighted by Gasteiger charge is 2.39. The van der Waals surface area contributed by atoms with Crippen molar-refractivity contribution >= 4 is 29.5 Å². The molecule has 0 saturated carbocycles. The average Bonchev–Trinajstić information content (AvgIpc) is 2.72. The van der Waals surface area contributed by atoms with Crippen LogP contribution in [0.15, 0.2) is 11.1 Å². The van der Waals surface area contributed by atoms with Crippen LogP contribution in [0.2, 0.25) is 0 Å². The maximum absolute atomic E-state index is 11.3. The van der Waals surface area contributed by atoms with E-state index in [1.54, 1.807) is 6.08 Å². The Bertz CT molecular complexity index is 293. The zero-order valence-electron chi connectivity index (χ0n) is 8.93. The molecular weight excluding hydrogens is 230 g/mol. The van der Waals surface area contributed by atoms with Crippen LogP contribution in [0.4, 0.5) is 0 Å². The number of thioether (sulfide) groups is 2. The fourth-order valence-electron chi connectivity index (χ4n) is 1.82. The van der Waals surface area contributed by atoms with E-state index in [4.69, 9.17) is 4.74 Å². The van der Waals surface area contributed by atoms with Gasteiger partial charge in [-0.1, -0.05) is 0 Å². The van der Waals surface area contributed by atoms with Gasteiger partial charge in [0, 0.05) is 12.3 Å². The SMILES string of the molecule is CCOC(=O)/C=C1\S[C@H]2CCS[C@H]2N1C. The van der Waals surface area contributed by atoms with Crippen molar-refractivity contribution in [2.45, 2.75) is 24.0 Å². The lowest BCUT2D eigenvalue weighted by Gasteiger charge is -2.19. The van der Waals surface area contributed by atoms with Crippen molar-refractivity contribution in [3.05, 3.63) is 11.1 Å². The molecule has 2 aliphatic rings. The van der Waals surface area contributed by atoms with Crippen molar-refractivity contribution in [2.75, 3.05) is 19.4 Å². The van der Waals surface area contributed by atoms with Crippen LogP contribution in [0, 0.1) is 0 Å². The van der Waals surface area contributed by atoms with Crippen LogP contribution in [-0.2, 0) is 9.53 Å². The number of carbonyl (C=O) groups is 1. The van der Waals surface area contributed by atoms with Crippen molar-refractivity contribution in [3.8, 4) is 0 Å². The monoisotopic (exact) mass is 245 g/mol. The maximum Gasteiger partial charge on any atom is 0.333 e. The zero-order chi connectivity index (χ0) is 10.8. The molecule has 0 aromatic carbocycles. The van der Waals surface area contributed by atoms with E-state index in [9.17, 15) is 4.79 Å². The molecule has 15 heavy (non-hydrogen) atoms. The van der Waals surface area contributed by atoms with Crippen molar-refractivity contribution in [3.63, 3.8) is 0 Å². The zero-order valence-corrected chi connectivity index (χ0v) is 10.6. The third kappa shape index (κ3) is 2.28. The number of hydrogen-bond donors (Lipinski definition) is 0. The van der Waals surface area contributed by atoms with Gasteiger partial charge in [0.05, 0.1) is 23.1 Å². The molecule has 2 rings (SSSR count). The molecule has 3 nitrogen and oxygen atoms in total. The summed E-state index contributed by atoms with van der Waals surface area (Å²) in [4.78, 5) is 13.5. The topological polar surface area (TPSA) is 29.5 Å². The fraction of sp³-hybridized carbons (Fsp3) is 0.700. The maximum atomic E-state index is 11.3. The van der Waals surface area contributed by atoms with E-state index >= 15 is 0 Å². The van der Waals surface area contributed by atoms with Gasteiger partial charge in [0.2, 0.25) is 0 Å². The smallest absolute Gasteiger partial charge is 0.333 e. The molecule has 5 heteroatoms. The Labute approximate surface area is 98.6 Å².